The summed E-state index contributed by atoms with van der Waals surface area (Å²) in [7, 11) is 0. The van der Waals surface area contributed by atoms with Gasteiger partial charge in [0.05, 0.1) is 11.4 Å². The Morgan fingerprint density at radius 2 is 0.667 bits per heavy atom. The van der Waals surface area contributed by atoms with Crippen LogP contribution in [0, 0.1) is 0 Å². The monoisotopic (exact) mass is 803 g/mol. The van der Waals surface area contributed by atoms with E-state index in [1.807, 2.05) is 0 Å². The van der Waals surface area contributed by atoms with Crippen molar-refractivity contribution >= 4 is 17.1 Å². The molecule has 1 atom stereocenters. The van der Waals surface area contributed by atoms with Crippen LogP contribution in [0.5, 0.6) is 0 Å². The number of anilines is 3. The van der Waals surface area contributed by atoms with Crippen molar-refractivity contribution in [2.75, 3.05) is 4.90 Å². The maximum absolute atomic E-state index is 2.50. The highest BCUT2D eigenvalue weighted by Gasteiger charge is 2.41. The van der Waals surface area contributed by atoms with Crippen LogP contribution < -0.4 is 4.90 Å². The van der Waals surface area contributed by atoms with E-state index >= 15 is 0 Å². The quantitative estimate of drug-likeness (QED) is 0.140. The molecule has 298 valence electrons. The van der Waals surface area contributed by atoms with Gasteiger partial charge in [-0.3, -0.25) is 0 Å². The molecule has 1 aliphatic carbocycles. The van der Waals surface area contributed by atoms with Gasteiger partial charge in [0.25, 0.3) is 0 Å². The van der Waals surface area contributed by atoms with E-state index in [1.54, 1.807) is 0 Å². The molecule has 0 bridgehead atoms. The first-order chi connectivity index (χ1) is 31.2. The standard InChI is InChI=1S/C62H45N/c1-62(48-25-9-4-10-26-48)58-34-18-15-32-55(58)57-43-49(41-42-59(57)62)63(60-35-19-16-28-51(60)47-39-37-45(38-40-47)44-21-5-2-6-22-44)61-36-20-17-33-56(61)54-31-14-13-30-53(54)52-29-12-11-27-50(52)46-23-7-3-8-24-46/h2-43H,1H3. The smallest absolute Gasteiger partial charge is 0.0540 e. The zero-order chi connectivity index (χ0) is 42.2. The third-order valence-corrected chi connectivity index (χ3v) is 13.0. The second-order valence-electron chi connectivity index (χ2n) is 16.5. The van der Waals surface area contributed by atoms with Crippen molar-refractivity contribution in [2.45, 2.75) is 12.3 Å². The molecule has 0 radical (unpaired) electrons. The van der Waals surface area contributed by atoms with Gasteiger partial charge >= 0.3 is 0 Å². The molecule has 63 heavy (non-hydrogen) atoms. The Labute approximate surface area is 370 Å². The summed E-state index contributed by atoms with van der Waals surface area (Å²) in [6.45, 7) is 2.39. The van der Waals surface area contributed by atoms with E-state index in [2.05, 4.69) is 267 Å². The van der Waals surface area contributed by atoms with E-state index in [1.165, 1.54) is 66.8 Å². The maximum atomic E-state index is 2.50. The summed E-state index contributed by atoms with van der Waals surface area (Å²) in [5.74, 6) is 0. The van der Waals surface area contributed by atoms with Gasteiger partial charge in [-0.2, -0.15) is 0 Å². The average Bonchev–Trinajstić information content (AvgIpc) is 3.63. The van der Waals surface area contributed by atoms with Crippen molar-refractivity contribution in [2.24, 2.45) is 0 Å². The van der Waals surface area contributed by atoms with Crippen LogP contribution in [0.25, 0.3) is 66.8 Å². The van der Waals surface area contributed by atoms with Crippen LogP contribution in [0.4, 0.5) is 17.1 Å². The lowest BCUT2D eigenvalue weighted by Crippen LogP contribution is -2.22. The number of hydrogen-bond acceptors (Lipinski definition) is 1. The van der Waals surface area contributed by atoms with Gasteiger partial charge in [0, 0.05) is 22.2 Å². The van der Waals surface area contributed by atoms with Gasteiger partial charge < -0.3 is 4.90 Å². The van der Waals surface area contributed by atoms with E-state index in [4.69, 9.17) is 0 Å². The third kappa shape index (κ3) is 6.67. The Morgan fingerprint density at radius 3 is 1.32 bits per heavy atom. The topological polar surface area (TPSA) is 3.24 Å². The number of hydrogen-bond donors (Lipinski definition) is 0. The molecule has 10 aromatic carbocycles. The largest absolute Gasteiger partial charge is 0.309 e. The third-order valence-electron chi connectivity index (χ3n) is 13.0. The predicted molar refractivity (Wildman–Crippen MR) is 266 cm³/mol. The second-order valence-corrected chi connectivity index (χ2v) is 16.5. The van der Waals surface area contributed by atoms with Crippen LogP contribution in [-0.2, 0) is 5.41 Å². The molecule has 0 aromatic heterocycles. The van der Waals surface area contributed by atoms with Gasteiger partial charge in [0.2, 0.25) is 0 Å². The molecule has 0 N–H and O–H groups in total. The molecule has 0 spiro atoms. The summed E-state index contributed by atoms with van der Waals surface area (Å²) in [5.41, 5.74) is 21.4. The molecule has 0 fully saturated rings. The van der Waals surface area contributed by atoms with E-state index in [9.17, 15) is 0 Å². The van der Waals surface area contributed by atoms with Crippen molar-refractivity contribution in [3.63, 3.8) is 0 Å². The second kappa shape index (κ2) is 16.1. The van der Waals surface area contributed by atoms with Crippen LogP contribution >= 0.6 is 0 Å². The molecule has 10 aromatic rings. The molecule has 11 rings (SSSR count). The first-order valence-corrected chi connectivity index (χ1v) is 21.8. The van der Waals surface area contributed by atoms with Crippen LogP contribution in [0.1, 0.15) is 23.6 Å². The summed E-state index contributed by atoms with van der Waals surface area (Å²) in [4.78, 5) is 2.50. The van der Waals surface area contributed by atoms with Gasteiger partial charge in [-0.15, -0.1) is 0 Å². The fourth-order valence-electron chi connectivity index (χ4n) is 9.94. The lowest BCUT2D eigenvalue weighted by Gasteiger charge is -2.32. The van der Waals surface area contributed by atoms with E-state index in [-0.39, 0.29) is 5.41 Å². The van der Waals surface area contributed by atoms with E-state index < -0.39 is 0 Å². The van der Waals surface area contributed by atoms with Crippen molar-refractivity contribution < 1.29 is 0 Å². The van der Waals surface area contributed by atoms with Gasteiger partial charge in [-0.1, -0.05) is 231 Å². The van der Waals surface area contributed by atoms with Crippen LogP contribution in [0.2, 0.25) is 0 Å². The Morgan fingerprint density at radius 1 is 0.270 bits per heavy atom. The minimum absolute atomic E-state index is 0.294. The highest BCUT2D eigenvalue weighted by Crippen LogP contribution is 2.55. The first kappa shape index (κ1) is 38.0. The van der Waals surface area contributed by atoms with Crippen molar-refractivity contribution in [1.29, 1.82) is 0 Å². The van der Waals surface area contributed by atoms with Crippen molar-refractivity contribution in [1.82, 2.24) is 0 Å². The van der Waals surface area contributed by atoms with Gasteiger partial charge in [0.15, 0.2) is 0 Å². The Bertz CT molecular complexity index is 3220. The van der Waals surface area contributed by atoms with Crippen LogP contribution in [0.3, 0.4) is 0 Å². The minimum atomic E-state index is -0.294. The summed E-state index contributed by atoms with van der Waals surface area (Å²) in [6, 6.07) is 93.0. The number of benzene rings is 10. The van der Waals surface area contributed by atoms with Crippen molar-refractivity contribution in [3.05, 3.63) is 271 Å². The summed E-state index contributed by atoms with van der Waals surface area (Å²) >= 11 is 0. The molecular weight excluding hydrogens is 759 g/mol. The lowest BCUT2D eigenvalue weighted by atomic mass is 9.74. The van der Waals surface area contributed by atoms with Gasteiger partial charge in [-0.05, 0) is 104 Å². The lowest BCUT2D eigenvalue weighted by molar-refractivity contribution is 0.714. The molecule has 1 nitrogen and oxygen atoms in total. The molecule has 1 aliphatic rings. The van der Waals surface area contributed by atoms with Gasteiger partial charge in [-0.25, -0.2) is 0 Å². The van der Waals surface area contributed by atoms with Crippen LogP contribution in [-0.4, -0.2) is 0 Å². The normalized spacial score (nSPS) is 13.9. The zero-order valence-corrected chi connectivity index (χ0v) is 35.2. The SMILES string of the molecule is CC1(c2ccccc2)c2ccccc2-c2cc(N(c3ccccc3-c3ccc(-c4ccccc4)cc3)c3ccccc3-c3ccccc3-c3ccccc3-c3ccccc3)ccc21. The zero-order valence-electron chi connectivity index (χ0n) is 35.2. The van der Waals surface area contributed by atoms with Gasteiger partial charge in [0.1, 0.15) is 0 Å². The molecule has 0 saturated carbocycles. The van der Waals surface area contributed by atoms with Crippen molar-refractivity contribution in [3.8, 4) is 66.8 Å². The fraction of sp³-hybridized carbons (Fsp3) is 0.0323. The summed E-state index contributed by atoms with van der Waals surface area (Å²) in [6.07, 6.45) is 0. The van der Waals surface area contributed by atoms with Crippen LogP contribution in [0.15, 0.2) is 255 Å². The Hall–Kier alpha value is -8.00. The Kier molecular flexibility index (Phi) is 9.71. The summed E-state index contributed by atoms with van der Waals surface area (Å²) in [5, 5.41) is 0. The molecular formula is C62H45N. The number of rotatable bonds is 9. The fourth-order valence-corrected chi connectivity index (χ4v) is 9.94. The summed E-state index contributed by atoms with van der Waals surface area (Å²) < 4.78 is 0. The molecule has 0 aliphatic heterocycles. The predicted octanol–water partition coefficient (Wildman–Crippen LogP) is 16.8. The maximum Gasteiger partial charge on any atom is 0.0540 e. The number of nitrogens with zero attached hydrogens (tertiary/aromatic N) is 1. The molecule has 0 saturated heterocycles. The Balaban J connectivity index is 1.14. The molecule has 1 unspecified atom stereocenters. The highest BCUT2D eigenvalue weighted by atomic mass is 15.1. The molecule has 1 heteroatoms. The minimum Gasteiger partial charge on any atom is -0.309 e. The number of para-hydroxylation sites is 2. The van der Waals surface area contributed by atoms with E-state index in [0.29, 0.717) is 0 Å². The highest BCUT2D eigenvalue weighted by molar-refractivity contribution is 6.00. The first-order valence-electron chi connectivity index (χ1n) is 21.8. The number of fused-ring (bicyclic) bond motifs is 3. The molecule has 0 amide bonds. The average molecular weight is 804 g/mol. The molecule has 0 heterocycles. The van der Waals surface area contributed by atoms with E-state index in [0.717, 1.165) is 33.8 Å².